The zero-order chi connectivity index (χ0) is 16.8. The average Bonchev–Trinajstić information content (AvgIpc) is 2.55. The molecule has 1 aliphatic rings. The summed E-state index contributed by atoms with van der Waals surface area (Å²) in [5, 5.41) is 2.98. The molecule has 1 fully saturated rings. The number of hydrogen-bond donors (Lipinski definition) is 1. The van der Waals surface area contributed by atoms with E-state index < -0.39 is 11.6 Å². The van der Waals surface area contributed by atoms with Crippen LogP contribution in [0.1, 0.15) is 49.4 Å². The van der Waals surface area contributed by atoms with Gasteiger partial charge in [-0.2, -0.15) is 0 Å². The van der Waals surface area contributed by atoms with E-state index in [1.165, 1.54) is 6.07 Å². The van der Waals surface area contributed by atoms with Crippen molar-refractivity contribution in [3.63, 3.8) is 0 Å². The Labute approximate surface area is 134 Å². The fourth-order valence-corrected chi connectivity index (χ4v) is 2.68. The molecule has 6 heteroatoms. The van der Waals surface area contributed by atoms with Crippen molar-refractivity contribution in [3.8, 4) is 0 Å². The van der Waals surface area contributed by atoms with E-state index in [1.54, 1.807) is 4.90 Å². The fourth-order valence-electron chi connectivity index (χ4n) is 2.68. The second-order valence-electron chi connectivity index (χ2n) is 5.87. The molecule has 0 aliphatic carbocycles. The first-order valence-corrected chi connectivity index (χ1v) is 8.05. The van der Waals surface area contributed by atoms with E-state index in [0.29, 0.717) is 32.4 Å². The number of piperidine rings is 1. The van der Waals surface area contributed by atoms with Crippen LogP contribution in [0.3, 0.4) is 0 Å². The molecule has 0 aromatic heterocycles. The van der Waals surface area contributed by atoms with E-state index in [2.05, 4.69) is 5.32 Å². The van der Waals surface area contributed by atoms with E-state index in [9.17, 15) is 18.4 Å². The quantitative estimate of drug-likeness (QED) is 0.905. The number of carbonyl (C=O) groups excluding carboxylic acids is 2. The number of unbranched alkanes of at least 4 members (excludes halogenated alkanes) is 1. The minimum atomic E-state index is -1.02. The Bertz CT molecular complexity index is 570. The molecule has 0 saturated carbocycles. The van der Waals surface area contributed by atoms with Crippen molar-refractivity contribution < 1.29 is 18.4 Å². The number of amides is 2. The lowest BCUT2D eigenvalue weighted by Gasteiger charge is -2.32. The van der Waals surface area contributed by atoms with Gasteiger partial charge in [-0.3, -0.25) is 9.59 Å². The molecule has 2 amide bonds. The van der Waals surface area contributed by atoms with Gasteiger partial charge in [0.25, 0.3) is 5.91 Å². The highest BCUT2D eigenvalue weighted by Gasteiger charge is 2.25. The first-order valence-electron chi connectivity index (χ1n) is 8.05. The van der Waals surface area contributed by atoms with Gasteiger partial charge in [-0.15, -0.1) is 0 Å². The second kappa shape index (κ2) is 8.04. The van der Waals surface area contributed by atoms with Crippen molar-refractivity contribution in [1.29, 1.82) is 0 Å². The topological polar surface area (TPSA) is 49.4 Å². The molecule has 0 bridgehead atoms. The van der Waals surface area contributed by atoms with Crippen LogP contribution in [0.4, 0.5) is 8.78 Å². The SMILES string of the molecule is CCCCC(=O)NC1CCN(C(=O)c2ccc(F)c(F)c2)CC1. The summed E-state index contributed by atoms with van der Waals surface area (Å²) >= 11 is 0. The van der Waals surface area contributed by atoms with Crippen LogP contribution < -0.4 is 5.32 Å². The zero-order valence-corrected chi connectivity index (χ0v) is 13.3. The Kier molecular flexibility index (Phi) is 6.07. The second-order valence-corrected chi connectivity index (χ2v) is 5.87. The molecule has 2 rings (SSSR count). The van der Waals surface area contributed by atoms with E-state index in [1.807, 2.05) is 6.92 Å². The summed E-state index contributed by atoms with van der Waals surface area (Å²) in [6.45, 7) is 3.03. The van der Waals surface area contributed by atoms with Gasteiger partial charge in [-0.05, 0) is 37.5 Å². The van der Waals surface area contributed by atoms with E-state index in [-0.39, 0.29) is 23.4 Å². The van der Waals surface area contributed by atoms with Crippen LogP contribution in [0, 0.1) is 11.6 Å². The van der Waals surface area contributed by atoms with Crippen LogP contribution in [0.5, 0.6) is 0 Å². The van der Waals surface area contributed by atoms with Gasteiger partial charge >= 0.3 is 0 Å². The van der Waals surface area contributed by atoms with Crippen LogP contribution in [-0.4, -0.2) is 35.8 Å². The summed E-state index contributed by atoms with van der Waals surface area (Å²) in [6, 6.07) is 3.26. The van der Waals surface area contributed by atoms with Gasteiger partial charge in [0.1, 0.15) is 0 Å². The van der Waals surface area contributed by atoms with Gasteiger partial charge < -0.3 is 10.2 Å². The number of halogens is 2. The maximum Gasteiger partial charge on any atom is 0.253 e. The molecule has 1 aromatic rings. The van der Waals surface area contributed by atoms with Crippen LogP contribution in [0.25, 0.3) is 0 Å². The Balaban J connectivity index is 1.85. The number of carbonyl (C=O) groups is 2. The summed E-state index contributed by atoms with van der Waals surface area (Å²) in [6.07, 6.45) is 3.74. The molecule has 0 unspecified atom stereocenters. The minimum Gasteiger partial charge on any atom is -0.353 e. The Hall–Kier alpha value is -1.98. The lowest BCUT2D eigenvalue weighted by atomic mass is 10.0. The van der Waals surface area contributed by atoms with E-state index >= 15 is 0 Å². The van der Waals surface area contributed by atoms with E-state index in [4.69, 9.17) is 0 Å². The highest BCUT2D eigenvalue weighted by atomic mass is 19.2. The standard InChI is InChI=1S/C17H22F2N2O2/c1-2-3-4-16(22)20-13-7-9-21(10-8-13)17(23)12-5-6-14(18)15(19)11-12/h5-6,11,13H,2-4,7-10H2,1H3,(H,20,22). The van der Waals surface area contributed by atoms with Gasteiger partial charge in [0.2, 0.25) is 5.91 Å². The lowest BCUT2D eigenvalue weighted by Crippen LogP contribution is -2.46. The number of rotatable bonds is 5. The van der Waals surface area contributed by atoms with Crippen LogP contribution in [0.15, 0.2) is 18.2 Å². The number of benzene rings is 1. The largest absolute Gasteiger partial charge is 0.353 e. The monoisotopic (exact) mass is 324 g/mol. The molecule has 0 radical (unpaired) electrons. The van der Waals surface area contributed by atoms with Gasteiger partial charge in [0.05, 0.1) is 0 Å². The summed E-state index contributed by atoms with van der Waals surface area (Å²) in [5.74, 6) is -2.24. The first kappa shape index (κ1) is 17.4. The van der Waals surface area contributed by atoms with Crippen molar-refractivity contribution >= 4 is 11.8 Å². The summed E-state index contributed by atoms with van der Waals surface area (Å²) in [7, 11) is 0. The number of nitrogens with zero attached hydrogens (tertiary/aromatic N) is 1. The van der Waals surface area contributed by atoms with Crippen LogP contribution in [0.2, 0.25) is 0 Å². The average molecular weight is 324 g/mol. The molecule has 1 heterocycles. The highest BCUT2D eigenvalue weighted by Crippen LogP contribution is 2.16. The maximum atomic E-state index is 13.2. The maximum absolute atomic E-state index is 13.2. The van der Waals surface area contributed by atoms with Gasteiger partial charge in [0.15, 0.2) is 11.6 Å². The number of nitrogens with one attached hydrogen (secondary N) is 1. The van der Waals surface area contributed by atoms with Crippen molar-refractivity contribution in [2.75, 3.05) is 13.1 Å². The van der Waals surface area contributed by atoms with Crippen LogP contribution >= 0.6 is 0 Å². The zero-order valence-electron chi connectivity index (χ0n) is 13.3. The molecule has 126 valence electrons. The molecule has 23 heavy (non-hydrogen) atoms. The third-order valence-corrected chi connectivity index (χ3v) is 4.07. The summed E-state index contributed by atoms with van der Waals surface area (Å²) < 4.78 is 26.1. The van der Waals surface area contributed by atoms with Crippen molar-refractivity contribution in [2.24, 2.45) is 0 Å². The van der Waals surface area contributed by atoms with Gasteiger partial charge in [0, 0.05) is 31.1 Å². The molecule has 1 aromatic carbocycles. The normalized spacial score (nSPS) is 15.5. The smallest absolute Gasteiger partial charge is 0.253 e. The van der Waals surface area contributed by atoms with E-state index in [0.717, 1.165) is 25.0 Å². The van der Waals surface area contributed by atoms with Crippen molar-refractivity contribution in [3.05, 3.63) is 35.4 Å². The van der Waals surface area contributed by atoms with Gasteiger partial charge in [-0.1, -0.05) is 13.3 Å². The molecule has 1 aliphatic heterocycles. The molecular formula is C17H22F2N2O2. The van der Waals surface area contributed by atoms with Crippen molar-refractivity contribution in [1.82, 2.24) is 10.2 Å². The Morgan fingerprint density at radius 3 is 2.52 bits per heavy atom. The fraction of sp³-hybridized carbons (Fsp3) is 0.529. The lowest BCUT2D eigenvalue weighted by molar-refractivity contribution is -0.122. The van der Waals surface area contributed by atoms with Gasteiger partial charge in [-0.25, -0.2) is 8.78 Å². The van der Waals surface area contributed by atoms with Crippen LogP contribution in [-0.2, 0) is 4.79 Å². The molecule has 4 nitrogen and oxygen atoms in total. The first-order chi connectivity index (χ1) is 11.0. The summed E-state index contributed by atoms with van der Waals surface area (Å²) in [4.78, 5) is 25.6. The Morgan fingerprint density at radius 1 is 1.22 bits per heavy atom. The Morgan fingerprint density at radius 2 is 1.91 bits per heavy atom. The third-order valence-electron chi connectivity index (χ3n) is 4.07. The van der Waals surface area contributed by atoms with Crippen molar-refractivity contribution in [2.45, 2.75) is 45.1 Å². The molecule has 1 saturated heterocycles. The molecule has 1 N–H and O–H groups in total. The predicted octanol–water partition coefficient (Wildman–Crippen LogP) is 2.88. The third kappa shape index (κ3) is 4.74. The molecular weight excluding hydrogens is 302 g/mol. The summed E-state index contributed by atoms with van der Waals surface area (Å²) in [5.41, 5.74) is 0.148. The predicted molar refractivity (Wildman–Crippen MR) is 83.0 cm³/mol. The highest BCUT2D eigenvalue weighted by molar-refractivity contribution is 5.94. The molecule has 0 spiro atoms. The minimum absolute atomic E-state index is 0.0530. The number of hydrogen-bond acceptors (Lipinski definition) is 2. The molecule has 0 atom stereocenters. The number of likely N-dealkylation sites (tertiary alicyclic amines) is 1.